The highest BCUT2D eigenvalue weighted by molar-refractivity contribution is 5.84. The average Bonchev–Trinajstić information content (AvgIpc) is 2.69. The summed E-state index contributed by atoms with van der Waals surface area (Å²) in [5.41, 5.74) is 3.85. The number of hydrogen-bond donors (Lipinski definition) is 1. The molecule has 19 heavy (non-hydrogen) atoms. The van der Waals surface area contributed by atoms with Gasteiger partial charge in [0.05, 0.1) is 0 Å². The second-order valence-corrected chi connectivity index (χ2v) is 5.28. The van der Waals surface area contributed by atoms with Crippen molar-refractivity contribution < 1.29 is 4.79 Å². The number of carbonyl (C=O) groups is 1. The van der Waals surface area contributed by atoms with Crippen LogP contribution in [0.4, 0.5) is 0 Å². The lowest BCUT2D eigenvalue weighted by atomic mass is 10.1. The fourth-order valence-corrected chi connectivity index (χ4v) is 2.42. The van der Waals surface area contributed by atoms with E-state index in [0.29, 0.717) is 6.42 Å². The maximum Gasteiger partial charge on any atom is 0.131 e. The molecule has 1 N–H and O–H groups in total. The molecular weight excluding hydrogens is 236 g/mol. The lowest BCUT2D eigenvalue weighted by Crippen LogP contribution is -2.23. The normalized spacial score (nSPS) is 11.4. The van der Waals surface area contributed by atoms with Crippen molar-refractivity contribution in [2.24, 2.45) is 0 Å². The number of rotatable bonds is 6. The van der Waals surface area contributed by atoms with Crippen LogP contribution in [-0.4, -0.2) is 35.8 Å². The summed E-state index contributed by atoms with van der Waals surface area (Å²) < 4.78 is 0. The van der Waals surface area contributed by atoms with Gasteiger partial charge in [-0.05, 0) is 38.9 Å². The molecule has 0 bridgehead atoms. The van der Waals surface area contributed by atoms with Gasteiger partial charge in [0.25, 0.3) is 0 Å². The Morgan fingerprint density at radius 3 is 2.74 bits per heavy atom. The summed E-state index contributed by atoms with van der Waals surface area (Å²) in [6.07, 6.45) is 1.66. The SMILES string of the molecule is CC(=O)CCN(C)CCc1c(C)[nH]c2ccccc12. The molecule has 0 fully saturated rings. The van der Waals surface area contributed by atoms with Crippen molar-refractivity contribution in [3.05, 3.63) is 35.5 Å². The summed E-state index contributed by atoms with van der Waals surface area (Å²) in [7, 11) is 2.08. The molecule has 3 heteroatoms. The van der Waals surface area contributed by atoms with Gasteiger partial charge in [-0.15, -0.1) is 0 Å². The summed E-state index contributed by atoms with van der Waals surface area (Å²) in [6.45, 7) is 5.61. The van der Waals surface area contributed by atoms with E-state index in [1.807, 2.05) is 0 Å². The molecule has 2 aromatic rings. The maximum atomic E-state index is 11.0. The molecule has 0 amide bonds. The van der Waals surface area contributed by atoms with Crippen molar-refractivity contribution in [3.8, 4) is 0 Å². The van der Waals surface area contributed by atoms with E-state index < -0.39 is 0 Å². The summed E-state index contributed by atoms with van der Waals surface area (Å²) >= 11 is 0. The van der Waals surface area contributed by atoms with E-state index in [-0.39, 0.29) is 5.78 Å². The van der Waals surface area contributed by atoms with E-state index in [9.17, 15) is 4.79 Å². The number of nitrogens with one attached hydrogen (secondary N) is 1. The molecule has 1 aromatic carbocycles. The molecule has 1 aromatic heterocycles. The number of hydrogen-bond acceptors (Lipinski definition) is 2. The minimum Gasteiger partial charge on any atom is -0.358 e. The van der Waals surface area contributed by atoms with Gasteiger partial charge in [0, 0.05) is 36.1 Å². The lowest BCUT2D eigenvalue weighted by molar-refractivity contribution is -0.117. The second kappa shape index (κ2) is 6.02. The van der Waals surface area contributed by atoms with Crippen LogP contribution in [0.2, 0.25) is 0 Å². The van der Waals surface area contributed by atoms with Crippen LogP contribution in [0.3, 0.4) is 0 Å². The number of para-hydroxylation sites is 1. The number of nitrogens with zero attached hydrogens (tertiary/aromatic N) is 1. The quantitative estimate of drug-likeness (QED) is 0.864. The zero-order chi connectivity index (χ0) is 13.8. The minimum atomic E-state index is 0.259. The van der Waals surface area contributed by atoms with Crippen LogP contribution in [0.1, 0.15) is 24.6 Å². The van der Waals surface area contributed by atoms with Crippen molar-refractivity contribution >= 4 is 16.7 Å². The number of Topliss-reactive ketones (excluding diaryl/α,β-unsaturated/α-hetero) is 1. The third-order valence-electron chi connectivity index (χ3n) is 3.62. The highest BCUT2D eigenvalue weighted by atomic mass is 16.1. The Hall–Kier alpha value is -1.61. The number of carbonyl (C=O) groups excluding carboxylic acids is 1. The molecule has 0 saturated carbocycles. The lowest BCUT2D eigenvalue weighted by Gasteiger charge is -2.15. The van der Waals surface area contributed by atoms with Crippen LogP contribution < -0.4 is 0 Å². The van der Waals surface area contributed by atoms with Gasteiger partial charge in [-0.25, -0.2) is 0 Å². The summed E-state index contributed by atoms with van der Waals surface area (Å²) in [5, 5.41) is 1.32. The summed E-state index contributed by atoms with van der Waals surface area (Å²) in [5.74, 6) is 0.259. The summed E-state index contributed by atoms with van der Waals surface area (Å²) in [4.78, 5) is 16.6. The van der Waals surface area contributed by atoms with E-state index in [1.165, 1.54) is 22.2 Å². The van der Waals surface area contributed by atoms with Crippen LogP contribution in [0.25, 0.3) is 10.9 Å². The Balaban J connectivity index is 2.01. The Morgan fingerprint density at radius 1 is 1.26 bits per heavy atom. The van der Waals surface area contributed by atoms with Gasteiger partial charge in [-0.2, -0.15) is 0 Å². The van der Waals surface area contributed by atoms with Crippen LogP contribution in [0.5, 0.6) is 0 Å². The Morgan fingerprint density at radius 2 is 2.00 bits per heavy atom. The first-order valence-electron chi connectivity index (χ1n) is 6.82. The third kappa shape index (κ3) is 3.44. The number of aromatic amines is 1. The Kier molecular flexibility index (Phi) is 4.38. The first-order valence-corrected chi connectivity index (χ1v) is 6.82. The topological polar surface area (TPSA) is 36.1 Å². The molecule has 0 unspecified atom stereocenters. The van der Waals surface area contributed by atoms with Gasteiger partial charge in [0.15, 0.2) is 0 Å². The molecule has 2 rings (SSSR count). The van der Waals surface area contributed by atoms with E-state index in [1.54, 1.807) is 6.92 Å². The summed E-state index contributed by atoms with van der Waals surface area (Å²) in [6, 6.07) is 8.43. The number of aryl methyl sites for hydroxylation is 1. The van der Waals surface area contributed by atoms with Crippen LogP contribution in [-0.2, 0) is 11.2 Å². The number of likely N-dealkylation sites (N-methyl/N-ethyl adjacent to an activating group) is 1. The molecule has 3 nitrogen and oxygen atoms in total. The first-order chi connectivity index (χ1) is 9.08. The van der Waals surface area contributed by atoms with Gasteiger partial charge in [-0.1, -0.05) is 18.2 Å². The number of aromatic nitrogens is 1. The molecule has 0 aliphatic heterocycles. The average molecular weight is 258 g/mol. The van der Waals surface area contributed by atoms with Crippen LogP contribution in [0.15, 0.2) is 24.3 Å². The van der Waals surface area contributed by atoms with Gasteiger partial charge < -0.3 is 9.88 Å². The van der Waals surface area contributed by atoms with Crippen molar-refractivity contribution in [3.63, 3.8) is 0 Å². The van der Waals surface area contributed by atoms with Crippen molar-refractivity contribution in [1.29, 1.82) is 0 Å². The monoisotopic (exact) mass is 258 g/mol. The molecule has 0 aliphatic carbocycles. The number of fused-ring (bicyclic) bond motifs is 1. The molecule has 0 radical (unpaired) electrons. The predicted octanol–water partition coefficient (Wildman–Crippen LogP) is 2.93. The molecule has 0 atom stereocenters. The number of benzene rings is 1. The zero-order valence-corrected chi connectivity index (χ0v) is 12.0. The standard InChI is InChI=1S/C16H22N2O/c1-12(19)8-10-18(3)11-9-14-13(2)17-16-7-5-4-6-15(14)16/h4-7,17H,8-11H2,1-3H3. The van der Waals surface area contributed by atoms with Gasteiger partial charge in [0.1, 0.15) is 5.78 Å². The third-order valence-corrected chi connectivity index (χ3v) is 3.62. The number of ketones is 1. The largest absolute Gasteiger partial charge is 0.358 e. The fourth-order valence-electron chi connectivity index (χ4n) is 2.42. The molecule has 102 valence electrons. The van der Waals surface area contributed by atoms with E-state index >= 15 is 0 Å². The van der Waals surface area contributed by atoms with E-state index in [2.05, 4.69) is 48.1 Å². The van der Waals surface area contributed by atoms with Crippen molar-refractivity contribution in [1.82, 2.24) is 9.88 Å². The Labute approximate surface area is 114 Å². The fraction of sp³-hybridized carbons (Fsp3) is 0.438. The Bertz CT molecular complexity index is 571. The predicted molar refractivity (Wildman–Crippen MR) is 79.5 cm³/mol. The molecule has 0 spiro atoms. The molecular formula is C16H22N2O. The van der Waals surface area contributed by atoms with Gasteiger partial charge in [0.2, 0.25) is 0 Å². The van der Waals surface area contributed by atoms with Crippen LogP contribution >= 0.6 is 0 Å². The van der Waals surface area contributed by atoms with E-state index in [0.717, 1.165) is 19.5 Å². The van der Waals surface area contributed by atoms with Crippen molar-refractivity contribution in [2.45, 2.75) is 26.7 Å². The van der Waals surface area contributed by atoms with E-state index in [4.69, 9.17) is 0 Å². The van der Waals surface area contributed by atoms with Crippen molar-refractivity contribution in [2.75, 3.05) is 20.1 Å². The number of H-pyrrole nitrogens is 1. The van der Waals surface area contributed by atoms with Crippen LogP contribution in [0, 0.1) is 6.92 Å². The molecule has 1 heterocycles. The second-order valence-electron chi connectivity index (χ2n) is 5.28. The maximum absolute atomic E-state index is 11.0. The highest BCUT2D eigenvalue weighted by Gasteiger charge is 2.09. The first kappa shape index (κ1) is 13.8. The van der Waals surface area contributed by atoms with Gasteiger partial charge >= 0.3 is 0 Å². The zero-order valence-electron chi connectivity index (χ0n) is 12.0. The highest BCUT2D eigenvalue weighted by Crippen LogP contribution is 2.22. The smallest absolute Gasteiger partial charge is 0.131 e. The molecule has 0 aliphatic rings. The minimum absolute atomic E-state index is 0.259. The van der Waals surface area contributed by atoms with Gasteiger partial charge in [-0.3, -0.25) is 4.79 Å². The molecule has 0 saturated heterocycles.